The van der Waals surface area contributed by atoms with Crippen LogP contribution >= 0.6 is 70.6 Å². The van der Waals surface area contributed by atoms with Gasteiger partial charge in [0.15, 0.2) is 0 Å². The first-order valence-electron chi connectivity index (χ1n) is 8.78. The summed E-state index contributed by atoms with van der Waals surface area (Å²) in [4.78, 5) is 5.84. The molecule has 0 bridgehead atoms. The summed E-state index contributed by atoms with van der Waals surface area (Å²) in [5.41, 5.74) is 0. The summed E-state index contributed by atoms with van der Waals surface area (Å²) in [5.74, 6) is 9.74. The molecule has 0 radical (unpaired) electrons. The zero-order chi connectivity index (χ0) is 17.9. The average Bonchev–Trinajstić information content (AvgIpc) is 2.68. The van der Waals surface area contributed by atoms with E-state index < -0.39 is 0 Å². The SMILES string of the molecule is c1ccc2c(c1)SCCSCCSc1ccccc1SCCSCCS2. The Morgan fingerprint density at radius 1 is 0.385 bits per heavy atom. The molecule has 0 unspecified atom stereocenters. The largest absolute Gasteiger partial charge is 0.160 e. The Bertz CT molecular complexity index is 549. The van der Waals surface area contributed by atoms with Gasteiger partial charge >= 0.3 is 0 Å². The van der Waals surface area contributed by atoms with Crippen molar-refractivity contribution in [2.45, 2.75) is 19.6 Å². The van der Waals surface area contributed by atoms with E-state index in [0.717, 1.165) is 0 Å². The third kappa shape index (κ3) is 7.51. The maximum absolute atomic E-state index is 2.28. The number of benzene rings is 2. The Morgan fingerprint density at radius 3 is 0.923 bits per heavy atom. The molecule has 0 fully saturated rings. The van der Waals surface area contributed by atoms with Gasteiger partial charge in [0.05, 0.1) is 0 Å². The van der Waals surface area contributed by atoms with Gasteiger partial charge in [0, 0.05) is 65.6 Å². The number of rotatable bonds is 0. The van der Waals surface area contributed by atoms with Gasteiger partial charge in [-0.1, -0.05) is 24.3 Å². The molecule has 0 atom stereocenters. The number of fused-ring (bicyclic) bond motifs is 2. The van der Waals surface area contributed by atoms with Gasteiger partial charge in [-0.15, -0.1) is 47.0 Å². The molecule has 0 aromatic heterocycles. The van der Waals surface area contributed by atoms with Crippen LogP contribution in [0.4, 0.5) is 0 Å². The fourth-order valence-electron chi connectivity index (χ4n) is 2.42. The van der Waals surface area contributed by atoms with Crippen LogP contribution in [0.5, 0.6) is 0 Å². The minimum absolute atomic E-state index is 1.20. The zero-order valence-electron chi connectivity index (χ0n) is 14.7. The van der Waals surface area contributed by atoms with Crippen LogP contribution < -0.4 is 0 Å². The normalized spacial score (nSPS) is 18.2. The Balaban J connectivity index is 1.56. The summed E-state index contributed by atoms with van der Waals surface area (Å²) in [6, 6.07) is 17.8. The average molecular weight is 457 g/mol. The van der Waals surface area contributed by atoms with Crippen LogP contribution in [0.25, 0.3) is 0 Å². The molecular formula is C20H24S6. The van der Waals surface area contributed by atoms with E-state index in [1.165, 1.54) is 65.6 Å². The molecule has 2 aromatic carbocycles. The van der Waals surface area contributed by atoms with Gasteiger partial charge in [-0.25, -0.2) is 0 Å². The van der Waals surface area contributed by atoms with E-state index in [1.54, 1.807) is 0 Å². The zero-order valence-corrected chi connectivity index (χ0v) is 19.6. The van der Waals surface area contributed by atoms with Gasteiger partial charge in [0.25, 0.3) is 0 Å². The first-order valence-corrected chi connectivity index (χ1v) is 15.0. The Labute approximate surface area is 183 Å². The molecule has 6 heteroatoms. The van der Waals surface area contributed by atoms with Crippen LogP contribution in [0.2, 0.25) is 0 Å². The molecule has 0 nitrogen and oxygen atoms in total. The molecule has 0 amide bonds. The van der Waals surface area contributed by atoms with E-state index in [9.17, 15) is 0 Å². The highest BCUT2D eigenvalue weighted by atomic mass is 32.2. The lowest BCUT2D eigenvalue weighted by molar-refractivity contribution is 1.24. The van der Waals surface area contributed by atoms with Crippen molar-refractivity contribution in [3.05, 3.63) is 48.5 Å². The van der Waals surface area contributed by atoms with E-state index in [2.05, 4.69) is 72.1 Å². The van der Waals surface area contributed by atoms with E-state index in [-0.39, 0.29) is 0 Å². The van der Waals surface area contributed by atoms with Crippen molar-refractivity contribution in [2.24, 2.45) is 0 Å². The highest BCUT2D eigenvalue weighted by Gasteiger charge is 2.06. The molecule has 26 heavy (non-hydrogen) atoms. The first-order chi connectivity index (χ1) is 12.9. The molecule has 2 aromatic rings. The van der Waals surface area contributed by atoms with E-state index in [4.69, 9.17) is 0 Å². The quantitative estimate of drug-likeness (QED) is 0.407. The van der Waals surface area contributed by atoms with Gasteiger partial charge in [0.1, 0.15) is 0 Å². The van der Waals surface area contributed by atoms with Crippen molar-refractivity contribution in [1.29, 1.82) is 0 Å². The molecule has 3 rings (SSSR count). The lowest BCUT2D eigenvalue weighted by atomic mass is 10.4. The van der Waals surface area contributed by atoms with Gasteiger partial charge in [-0.2, -0.15) is 23.5 Å². The Kier molecular flexibility index (Phi) is 10.5. The second-order valence-corrected chi connectivity index (χ2v) is 12.5. The third-order valence-electron chi connectivity index (χ3n) is 3.64. The summed E-state index contributed by atoms with van der Waals surface area (Å²) < 4.78 is 0. The third-order valence-corrected chi connectivity index (χ3v) is 11.2. The van der Waals surface area contributed by atoms with Crippen molar-refractivity contribution in [1.82, 2.24) is 0 Å². The molecule has 1 aliphatic rings. The van der Waals surface area contributed by atoms with Crippen LogP contribution in [0.15, 0.2) is 68.1 Å². The van der Waals surface area contributed by atoms with E-state index in [0.29, 0.717) is 0 Å². The molecule has 1 aliphatic heterocycles. The predicted octanol–water partition coefficient (Wildman–Crippen LogP) is 7.24. The maximum atomic E-state index is 2.28. The van der Waals surface area contributed by atoms with Crippen molar-refractivity contribution in [3.63, 3.8) is 0 Å². The van der Waals surface area contributed by atoms with E-state index in [1.807, 2.05) is 47.0 Å². The predicted molar refractivity (Wildman–Crippen MR) is 130 cm³/mol. The topological polar surface area (TPSA) is 0 Å². The monoisotopic (exact) mass is 456 g/mol. The molecule has 1 heterocycles. The molecule has 140 valence electrons. The van der Waals surface area contributed by atoms with Crippen LogP contribution in [-0.2, 0) is 0 Å². The van der Waals surface area contributed by atoms with Crippen molar-refractivity contribution < 1.29 is 0 Å². The maximum Gasteiger partial charge on any atom is 0.0208 e. The summed E-state index contributed by atoms with van der Waals surface area (Å²) in [5, 5.41) is 0. The Morgan fingerprint density at radius 2 is 0.654 bits per heavy atom. The number of hydrogen-bond acceptors (Lipinski definition) is 6. The second-order valence-electron chi connectivity index (χ2n) is 5.51. The standard InChI is InChI=1S/C20H24S6/c1-2-6-18-17(5-1)23-13-9-21-11-15-25-19-7-3-4-8-20(19)26-16-12-22-10-14-24-18/h1-8H,9-16H2. The molecule has 0 spiro atoms. The molecular weight excluding hydrogens is 433 g/mol. The van der Waals surface area contributed by atoms with Crippen LogP contribution in [0, 0.1) is 0 Å². The number of thioether (sulfide) groups is 6. The Hall–Kier alpha value is 0.540. The molecule has 0 N–H and O–H groups in total. The van der Waals surface area contributed by atoms with Gasteiger partial charge in [0.2, 0.25) is 0 Å². The van der Waals surface area contributed by atoms with E-state index >= 15 is 0 Å². The summed E-state index contributed by atoms with van der Waals surface area (Å²) in [7, 11) is 0. The minimum atomic E-state index is 1.20. The summed E-state index contributed by atoms with van der Waals surface area (Å²) in [6.45, 7) is 0. The summed E-state index contributed by atoms with van der Waals surface area (Å²) in [6.07, 6.45) is 0. The lowest BCUT2D eigenvalue weighted by Crippen LogP contribution is -1.93. The lowest BCUT2D eigenvalue weighted by Gasteiger charge is -2.11. The first kappa shape index (κ1) is 21.3. The van der Waals surface area contributed by atoms with Crippen LogP contribution in [0.1, 0.15) is 0 Å². The van der Waals surface area contributed by atoms with Crippen molar-refractivity contribution in [3.8, 4) is 0 Å². The van der Waals surface area contributed by atoms with Gasteiger partial charge < -0.3 is 0 Å². The highest BCUT2D eigenvalue weighted by molar-refractivity contribution is 8.06. The summed E-state index contributed by atoms with van der Waals surface area (Å²) >= 11 is 12.3. The van der Waals surface area contributed by atoms with Crippen molar-refractivity contribution in [2.75, 3.05) is 46.0 Å². The number of hydrogen-bond donors (Lipinski definition) is 0. The fraction of sp³-hybridized carbons (Fsp3) is 0.400. The van der Waals surface area contributed by atoms with Crippen LogP contribution in [-0.4, -0.2) is 46.0 Å². The fourth-order valence-corrected chi connectivity index (χ4v) is 9.18. The molecule has 0 aliphatic carbocycles. The smallest absolute Gasteiger partial charge is 0.0208 e. The molecule has 0 saturated carbocycles. The van der Waals surface area contributed by atoms with Gasteiger partial charge in [-0.05, 0) is 24.3 Å². The van der Waals surface area contributed by atoms with Crippen molar-refractivity contribution >= 4 is 70.6 Å². The van der Waals surface area contributed by atoms with Gasteiger partial charge in [-0.3, -0.25) is 0 Å². The second kappa shape index (κ2) is 12.9. The molecule has 0 saturated heterocycles. The minimum Gasteiger partial charge on any atom is -0.160 e. The highest BCUT2D eigenvalue weighted by Crippen LogP contribution is 2.33. The van der Waals surface area contributed by atoms with Crippen LogP contribution in [0.3, 0.4) is 0 Å².